The molecule has 0 saturated carbocycles. The van der Waals surface area contributed by atoms with Crippen molar-refractivity contribution in [2.45, 2.75) is 58.8 Å². The molecule has 1 fully saturated rings. The summed E-state index contributed by atoms with van der Waals surface area (Å²) < 4.78 is 17.7. The molecule has 1 atom stereocenters. The summed E-state index contributed by atoms with van der Waals surface area (Å²) in [6.07, 6.45) is -0.796. The van der Waals surface area contributed by atoms with Crippen molar-refractivity contribution in [3.05, 3.63) is 23.8 Å². The molecular formula is C18H25BN2O4. The highest BCUT2D eigenvalue weighted by Gasteiger charge is 2.51. The van der Waals surface area contributed by atoms with Gasteiger partial charge in [-0.05, 0) is 51.2 Å². The summed E-state index contributed by atoms with van der Waals surface area (Å²) in [5.41, 5.74) is 5.48. The van der Waals surface area contributed by atoms with E-state index in [0.29, 0.717) is 11.3 Å². The van der Waals surface area contributed by atoms with Crippen molar-refractivity contribution in [2.75, 3.05) is 0 Å². The van der Waals surface area contributed by atoms with Gasteiger partial charge in [-0.1, -0.05) is 19.9 Å². The molecule has 1 amide bonds. The van der Waals surface area contributed by atoms with E-state index in [9.17, 15) is 10.1 Å². The van der Waals surface area contributed by atoms with Crippen molar-refractivity contribution >= 4 is 18.5 Å². The summed E-state index contributed by atoms with van der Waals surface area (Å²) in [6, 6.07) is 7.18. The first-order valence-electron chi connectivity index (χ1n) is 8.34. The number of carbonyl (C=O) groups is 1. The average Bonchev–Trinajstić information content (AvgIpc) is 2.72. The third-order valence-electron chi connectivity index (χ3n) is 4.79. The van der Waals surface area contributed by atoms with Crippen molar-refractivity contribution in [1.82, 2.24) is 0 Å². The van der Waals surface area contributed by atoms with Gasteiger partial charge in [0.25, 0.3) is 5.91 Å². The van der Waals surface area contributed by atoms with Crippen LogP contribution in [-0.4, -0.2) is 30.3 Å². The monoisotopic (exact) mass is 344 g/mol. The van der Waals surface area contributed by atoms with E-state index in [0.717, 1.165) is 5.46 Å². The lowest BCUT2D eigenvalue weighted by molar-refractivity contribution is -0.126. The van der Waals surface area contributed by atoms with E-state index in [-0.39, 0.29) is 5.92 Å². The molecule has 1 aromatic rings. The second-order valence-electron chi connectivity index (χ2n) is 7.64. The SMILES string of the molecule is CC(C)[C@H](Oc1ccc(B2OC(C)(C)C(C)(C)O2)cc1C#N)C(N)=O. The first-order valence-corrected chi connectivity index (χ1v) is 8.34. The molecule has 1 heterocycles. The second kappa shape index (κ2) is 6.70. The number of amides is 1. The number of ether oxygens (including phenoxy) is 1. The molecule has 0 aromatic heterocycles. The molecule has 2 N–H and O–H groups in total. The second-order valence-corrected chi connectivity index (χ2v) is 7.64. The van der Waals surface area contributed by atoms with E-state index in [1.165, 1.54) is 0 Å². The molecule has 134 valence electrons. The molecule has 1 aliphatic rings. The molecule has 2 rings (SSSR count). The molecule has 1 aromatic carbocycles. The molecule has 6 nitrogen and oxygen atoms in total. The van der Waals surface area contributed by atoms with Crippen LogP contribution in [0.15, 0.2) is 18.2 Å². The number of nitrogens with two attached hydrogens (primary N) is 1. The van der Waals surface area contributed by atoms with Gasteiger partial charge in [0.15, 0.2) is 6.10 Å². The van der Waals surface area contributed by atoms with Gasteiger partial charge in [0.1, 0.15) is 11.8 Å². The third kappa shape index (κ3) is 3.81. The van der Waals surface area contributed by atoms with Crippen LogP contribution in [0.2, 0.25) is 0 Å². The number of hydrogen-bond donors (Lipinski definition) is 1. The van der Waals surface area contributed by atoms with Gasteiger partial charge in [-0.15, -0.1) is 0 Å². The lowest BCUT2D eigenvalue weighted by atomic mass is 9.78. The Kier molecular flexibility index (Phi) is 5.17. The maximum absolute atomic E-state index is 11.5. The number of benzene rings is 1. The van der Waals surface area contributed by atoms with Gasteiger partial charge in [0, 0.05) is 0 Å². The zero-order chi connectivity index (χ0) is 19.0. The fraction of sp³-hybridized carbons (Fsp3) is 0.556. The van der Waals surface area contributed by atoms with Crippen molar-refractivity contribution in [3.8, 4) is 11.8 Å². The van der Waals surface area contributed by atoms with Crippen LogP contribution in [0, 0.1) is 17.2 Å². The number of primary amides is 1. The molecule has 7 heteroatoms. The summed E-state index contributed by atoms with van der Waals surface area (Å²) >= 11 is 0. The molecule has 0 unspecified atom stereocenters. The van der Waals surface area contributed by atoms with E-state index < -0.39 is 30.3 Å². The minimum absolute atomic E-state index is 0.105. The number of nitriles is 1. The van der Waals surface area contributed by atoms with Gasteiger partial charge in [-0.25, -0.2) is 0 Å². The van der Waals surface area contributed by atoms with Crippen molar-refractivity contribution in [1.29, 1.82) is 5.26 Å². The molecule has 0 spiro atoms. The smallest absolute Gasteiger partial charge is 0.479 e. The van der Waals surface area contributed by atoms with Crippen LogP contribution in [-0.2, 0) is 14.1 Å². The molecule has 0 radical (unpaired) electrons. The predicted octanol–water partition coefficient (Wildman–Crippen LogP) is 1.75. The summed E-state index contributed by atoms with van der Waals surface area (Å²) in [4.78, 5) is 11.5. The quantitative estimate of drug-likeness (QED) is 0.821. The molecule has 25 heavy (non-hydrogen) atoms. The highest BCUT2D eigenvalue weighted by molar-refractivity contribution is 6.62. The van der Waals surface area contributed by atoms with E-state index >= 15 is 0 Å². The van der Waals surface area contributed by atoms with Gasteiger partial charge in [0.2, 0.25) is 0 Å². The first-order chi connectivity index (χ1) is 11.5. The van der Waals surface area contributed by atoms with E-state index in [1.54, 1.807) is 18.2 Å². The summed E-state index contributed by atoms with van der Waals surface area (Å²) in [6.45, 7) is 11.5. The van der Waals surface area contributed by atoms with Gasteiger partial charge < -0.3 is 19.8 Å². The largest absolute Gasteiger partial charge is 0.494 e. The lowest BCUT2D eigenvalue weighted by Crippen LogP contribution is -2.41. The van der Waals surface area contributed by atoms with Gasteiger partial charge in [-0.2, -0.15) is 5.26 Å². The minimum atomic E-state index is -0.796. The highest BCUT2D eigenvalue weighted by atomic mass is 16.7. The maximum Gasteiger partial charge on any atom is 0.494 e. The first kappa shape index (κ1) is 19.3. The molecule has 0 bridgehead atoms. The van der Waals surface area contributed by atoms with Crippen molar-refractivity contribution in [2.24, 2.45) is 11.7 Å². The minimum Gasteiger partial charge on any atom is -0.479 e. The van der Waals surface area contributed by atoms with Gasteiger partial charge in [-0.3, -0.25) is 4.79 Å². The Bertz CT molecular complexity index is 694. The Balaban J connectivity index is 2.29. The van der Waals surface area contributed by atoms with Crippen LogP contribution in [0.3, 0.4) is 0 Å². The predicted molar refractivity (Wildman–Crippen MR) is 95.3 cm³/mol. The Hall–Kier alpha value is -2.04. The normalized spacial score (nSPS) is 19.5. The van der Waals surface area contributed by atoms with Crippen molar-refractivity contribution in [3.63, 3.8) is 0 Å². The number of nitrogens with zero attached hydrogens (tertiary/aromatic N) is 1. The van der Waals surface area contributed by atoms with Crippen molar-refractivity contribution < 1.29 is 18.8 Å². The van der Waals surface area contributed by atoms with Crippen LogP contribution in [0.1, 0.15) is 47.1 Å². The van der Waals surface area contributed by atoms with Crippen LogP contribution in [0.5, 0.6) is 5.75 Å². The Morgan fingerprint density at radius 3 is 2.24 bits per heavy atom. The summed E-state index contributed by atoms with van der Waals surface area (Å²) in [5.74, 6) is -0.346. The Labute approximate surface area is 149 Å². The van der Waals surface area contributed by atoms with Crippen LogP contribution in [0.25, 0.3) is 0 Å². The van der Waals surface area contributed by atoms with E-state index in [2.05, 4.69) is 6.07 Å². The summed E-state index contributed by atoms with van der Waals surface area (Å²) in [5, 5.41) is 9.45. The average molecular weight is 344 g/mol. The van der Waals surface area contributed by atoms with E-state index in [4.69, 9.17) is 19.8 Å². The standard InChI is InChI=1S/C18H25BN2O4/c1-11(2)15(16(21)22)23-14-8-7-13(9-12(14)10-20)19-24-17(3,4)18(5,6)25-19/h7-9,11,15H,1-6H3,(H2,21,22)/t15-/m0/s1. The lowest BCUT2D eigenvalue weighted by Gasteiger charge is -2.32. The highest BCUT2D eigenvalue weighted by Crippen LogP contribution is 2.36. The third-order valence-corrected chi connectivity index (χ3v) is 4.79. The van der Waals surface area contributed by atoms with Gasteiger partial charge in [0.05, 0.1) is 16.8 Å². The molecule has 1 aliphatic heterocycles. The van der Waals surface area contributed by atoms with Crippen LogP contribution < -0.4 is 15.9 Å². The van der Waals surface area contributed by atoms with Crippen LogP contribution in [0.4, 0.5) is 0 Å². The number of hydrogen-bond acceptors (Lipinski definition) is 5. The Morgan fingerprint density at radius 2 is 1.80 bits per heavy atom. The van der Waals surface area contributed by atoms with Gasteiger partial charge >= 0.3 is 7.12 Å². The zero-order valence-corrected chi connectivity index (χ0v) is 15.6. The van der Waals surface area contributed by atoms with E-state index in [1.807, 2.05) is 41.5 Å². The molecular weight excluding hydrogens is 319 g/mol. The fourth-order valence-corrected chi connectivity index (χ4v) is 2.52. The molecule has 1 saturated heterocycles. The topological polar surface area (TPSA) is 94.6 Å². The number of rotatable bonds is 5. The Morgan fingerprint density at radius 1 is 1.24 bits per heavy atom. The maximum atomic E-state index is 11.5. The fourth-order valence-electron chi connectivity index (χ4n) is 2.52. The number of carbonyl (C=O) groups excluding carboxylic acids is 1. The van der Waals surface area contributed by atoms with Crippen LogP contribution >= 0.6 is 0 Å². The summed E-state index contributed by atoms with van der Waals surface area (Å²) in [7, 11) is -0.566. The zero-order valence-electron chi connectivity index (χ0n) is 15.6. The molecule has 0 aliphatic carbocycles.